The Labute approximate surface area is 161 Å². The van der Waals surface area contributed by atoms with Gasteiger partial charge >= 0.3 is 5.97 Å². The number of carbonyl (C=O) groups excluding carboxylic acids is 2. The Kier molecular flexibility index (Phi) is 8.07. The molecule has 0 bridgehead atoms. The molecule has 2 rings (SSSR count). The van der Waals surface area contributed by atoms with Crippen molar-refractivity contribution >= 4 is 17.8 Å². The highest BCUT2D eigenvalue weighted by Crippen LogP contribution is 2.28. The van der Waals surface area contributed by atoms with Gasteiger partial charge in [-0.2, -0.15) is 0 Å². The van der Waals surface area contributed by atoms with Crippen molar-refractivity contribution < 1.29 is 24.2 Å². The molecule has 0 heterocycles. The van der Waals surface area contributed by atoms with Crippen molar-refractivity contribution in [3.05, 3.63) is 0 Å². The lowest BCUT2D eigenvalue weighted by Crippen LogP contribution is -2.57. The van der Waals surface area contributed by atoms with E-state index >= 15 is 0 Å². The maximum Gasteiger partial charge on any atom is 0.331 e. The Morgan fingerprint density at radius 2 is 1.67 bits per heavy atom. The Morgan fingerprint density at radius 1 is 1.04 bits per heavy atom. The molecule has 1 atom stereocenters. The van der Waals surface area contributed by atoms with E-state index in [2.05, 4.69) is 10.6 Å². The van der Waals surface area contributed by atoms with Gasteiger partial charge < -0.3 is 20.5 Å². The van der Waals surface area contributed by atoms with Gasteiger partial charge in [0.2, 0.25) is 11.8 Å². The van der Waals surface area contributed by atoms with E-state index in [1.807, 2.05) is 0 Å². The van der Waals surface area contributed by atoms with Crippen LogP contribution in [0.15, 0.2) is 0 Å². The van der Waals surface area contributed by atoms with Gasteiger partial charge in [0.1, 0.15) is 0 Å². The minimum absolute atomic E-state index is 0.0827. The van der Waals surface area contributed by atoms with Crippen LogP contribution in [0, 0.1) is 11.8 Å². The molecule has 0 spiro atoms. The summed E-state index contributed by atoms with van der Waals surface area (Å²) in [4.78, 5) is 36.2. The summed E-state index contributed by atoms with van der Waals surface area (Å²) in [5.41, 5.74) is -1.42. The molecular weight excluding hydrogens is 348 g/mol. The molecule has 0 aromatic heterocycles. The second kappa shape index (κ2) is 10.1. The van der Waals surface area contributed by atoms with E-state index in [-0.39, 0.29) is 30.4 Å². The number of nitrogens with one attached hydrogen (secondary N) is 2. The van der Waals surface area contributed by atoms with E-state index in [1.165, 1.54) is 33.3 Å². The van der Waals surface area contributed by atoms with Crippen molar-refractivity contribution in [2.45, 2.75) is 82.7 Å². The first-order valence-corrected chi connectivity index (χ1v) is 10.2. The van der Waals surface area contributed by atoms with E-state index in [1.54, 1.807) is 0 Å². The summed E-state index contributed by atoms with van der Waals surface area (Å²) in [5, 5.41) is 15.1. The normalized spacial score (nSPS) is 26.0. The monoisotopic (exact) mass is 382 g/mol. The molecule has 2 aliphatic carbocycles. The Morgan fingerprint density at radius 3 is 2.22 bits per heavy atom. The standard InChI is InChI=1S/C20H34N2O5/c1-20(13-27-2,19(25)26)22-18(24)15-8-10-16(11-9-15)21-17(23)12-14-6-4-3-5-7-14/h14-16H,3-13H2,1-2H3,(H,21,23)(H,22,24)(H,25,26). The number of methoxy groups -OCH3 is 1. The first-order valence-electron chi connectivity index (χ1n) is 10.2. The summed E-state index contributed by atoms with van der Waals surface area (Å²) in [6, 6.07) is 0.120. The van der Waals surface area contributed by atoms with Gasteiger partial charge in [-0.1, -0.05) is 19.3 Å². The number of aliphatic carboxylic acids is 1. The van der Waals surface area contributed by atoms with Gasteiger partial charge in [-0.25, -0.2) is 4.79 Å². The molecular formula is C20H34N2O5. The van der Waals surface area contributed by atoms with E-state index in [0.29, 0.717) is 25.2 Å². The largest absolute Gasteiger partial charge is 0.479 e. The van der Waals surface area contributed by atoms with E-state index in [4.69, 9.17) is 4.74 Å². The molecule has 1 unspecified atom stereocenters. The lowest BCUT2D eigenvalue weighted by Gasteiger charge is -2.32. The van der Waals surface area contributed by atoms with E-state index in [0.717, 1.165) is 25.7 Å². The average Bonchev–Trinajstić information content (AvgIpc) is 2.63. The summed E-state index contributed by atoms with van der Waals surface area (Å²) in [7, 11) is 1.41. The quantitative estimate of drug-likeness (QED) is 0.597. The van der Waals surface area contributed by atoms with E-state index < -0.39 is 11.5 Å². The number of ether oxygens (including phenoxy) is 1. The zero-order valence-corrected chi connectivity index (χ0v) is 16.6. The second-order valence-electron chi connectivity index (χ2n) is 8.38. The fourth-order valence-electron chi connectivity index (χ4n) is 4.25. The SMILES string of the molecule is COCC(C)(NC(=O)C1CCC(NC(=O)CC2CCCCC2)CC1)C(=O)O. The Hall–Kier alpha value is -1.63. The number of hydrogen-bond acceptors (Lipinski definition) is 4. The molecule has 7 heteroatoms. The van der Waals surface area contributed by atoms with Crippen LogP contribution in [0.25, 0.3) is 0 Å². The predicted molar refractivity (Wildman–Crippen MR) is 101 cm³/mol. The molecule has 0 aromatic carbocycles. The topological polar surface area (TPSA) is 105 Å². The Bertz CT molecular complexity index is 524. The van der Waals surface area contributed by atoms with Crippen molar-refractivity contribution in [2.24, 2.45) is 11.8 Å². The summed E-state index contributed by atoms with van der Waals surface area (Å²) in [6.45, 7) is 1.37. The highest BCUT2D eigenvalue weighted by molar-refractivity contribution is 5.88. The van der Waals surface area contributed by atoms with Crippen LogP contribution < -0.4 is 10.6 Å². The maximum atomic E-state index is 12.5. The summed E-state index contributed by atoms with van der Waals surface area (Å²) >= 11 is 0. The lowest BCUT2D eigenvalue weighted by molar-refractivity contribution is -0.150. The molecule has 2 saturated carbocycles. The molecule has 0 radical (unpaired) electrons. The minimum atomic E-state index is -1.42. The first-order chi connectivity index (χ1) is 12.8. The van der Waals surface area contributed by atoms with Gasteiger partial charge in [0.15, 0.2) is 5.54 Å². The molecule has 27 heavy (non-hydrogen) atoms. The van der Waals surface area contributed by atoms with Crippen LogP contribution in [-0.4, -0.2) is 48.2 Å². The third kappa shape index (κ3) is 6.48. The highest BCUT2D eigenvalue weighted by atomic mass is 16.5. The number of rotatable bonds is 8. The number of amides is 2. The lowest BCUT2D eigenvalue weighted by atomic mass is 9.84. The van der Waals surface area contributed by atoms with Crippen LogP contribution in [0.3, 0.4) is 0 Å². The van der Waals surface area contributed by atoms with Gasteiger partial charge in [-0.05, 0) is 51.4 Å². The van der Waals surface area contributed by atoms with Crippen LogP contribution in [0.5, 0.6) is 0 Å². The number of carboxylic acid groups (broad SMARTS) is 1. The highest BCUT2D eigenvalue weighted by Gasteiger charge is 2.37. The molecule has 0 aromatic rings. The molecule has 0 aliphatic heterocycles. The van der Waals surface area contributed by atoms with Crippen molar-refractivity contribution in [1.29, 1.82) is 0 Å². The van der Waals surface area contributed by atoms with Crippen LogP contribution in [0.4, 0.5) is 0 Å². The van der Waals surface area contributed by atoms with Crippen LogP contribution in [0.1, 0.15) is 71.1 Å². The average molecular weight is 383 g/mol. The van der Waals surface area contributed by atoms with E-state index in [9.17, 15) is 19.5 Å². The smallest absolute Gasteiger partial charge is 0.331 e. The van der Waals surface area contributed by atoms with Gasteiger partial charge in [0, 0.05) is 25.5 Å². The zero-order chi connectivity index (χ0) is 19.9. The first kappa shape index (κ1) is 21.7. The second-order valence-corrected chi connectivity index (χ2v) is 8.38. The van der Waals surface area contributed by atoms with Crippen molar-refractivity contribution in [2.75, 3.05) is 13.7 Å². The fourth-order valence-corrected chi connectivity index (χ4v) is 4.25. The summed E-state index contributed by atoms with van der Waals surface area (Å²) in [5.74, 6) is -0.916. The van der Waals surface area contributed by atoms with Gasteiger partial charge in [0.05, 0.1) is 6.61 Å². The van der Waals surface area contributed by atoms with Crippen molar-refractivity contribution in [3.63, 3.8) is 0 Å². The molecule has 7 nitrogen and oxygen atoms in total. The van der Waals surface area contributed by atoms with Gasteiger partial charge in [0.25, 0.3) is 0 Å². The third-order valence-electron chi connectivity index (χ3n) is 5.97. The molecule has 154 valence electrons. The summed E-state index contributed by atoms with van der Waals surface area (Å²) in [6.07, 6.45) is 9.50. The van der Waals surface area contributed by atoms with Crippen LogP contribution in [0.2, 0.25) is 0 Å². The summed E-state index contributed by atoms with van der Waals surface area (Å²) < 4.78 is 4.94. The number of carbonyl (C=O) groups is 3. The van der Waals surface area contributed by atoms with Crippen LogP contribution >= 0.6 is 0 Å². The molecule has 2 amide bonds. The molecule has 2 fully saturated rings. The van der Waals surface area contributed by atoms with Gasteiger partial charge in [-0.15, -0.1) is 0 Å². The third-order valence-corrected chi connectivity index (χ3v) is 5.97. The maximum absolute atomic E-state index is 12.5. The zero-order valence-electron chi connectivity index (χ0n) is 16.6. The number of hydrogen-bond donors (Lipinski definition) is 3. The van der Waals surface area contributed by atoms with Crippen LogP contribution in [-0.2, 0) is 19.1 Å². The minimum Gasteiger partial charge on any atom is -0.479 e. The predicted octanol–water partition coefficient (Wildman–Crippen LogP) is 2.24. The molecule has 3 N–H and O–H groups in total. The molecule has 0 saturated heterocycles. The number of carboxylic acids is 1. The molecule has 2 aliphatic rings. The fraction of sp³-hybridized carbons (Fsp3) is 0.850. The van der Waals surface area contributed by atoms with Crippen molar-refractivity contribution in [3.8, 4) is 0 Å². The van der Waals surface area contributed by atoms with Crippen molar-refractivity contribution in [1.82, 2.24) is 10.6 Å². The Balaban J connectivity index is 1.74. The van der Waals surface area contributed by atoms with Gasteiger partial charge in [-0.3, -0.25) is 9.59 Å².